The van der Waals surface area contributed by atoms with Crippen molar-refractivity contribution in [3.8, 4) is 12.3 Å². The second-order valence-corrected chi connectivity index (χ2v) is 5.86. The van der Waals surface area contributed by atoms with Gasteiger partial charge in [-0.05, 0) is 30.5 Å². The zero-order valence-corrected chi connectivity index (χ0v) is 11.9. The molecule has 0 aliphatic carbocycles. The largest absolute Gasteiger partial charge is 0.320 e. The lowest BCUT2D eigenvalue weighted by molar-refractivity contribution is -0.120. The van der Waals surface area contributed by atoms with E-state index in [9.17, 15) is 9.00 Å². The van der Waals surface area contributed by atoms with Gasteiger partial charge in [0.2, 0.25) is 5.91 Å². The minimum Gasteiger partial charge on any atom is -0.320 e. The van der Waals surface area contributed by atoms with E-state index in [1.807, 2.05) is 13.8 Å². The van der Waals surface area contributed by atoms with Crippen LogP contribution in [0.3, 0.4) is 0 Å². The third-order valence-electron chi connectivity index (χ3n) is 2.47. The molecular formula is C14H18N2O2S. The zero-order chi connectivity index (χ0) is 14.4. The standard InChI is InChI=1S/C14H18N2O2S/c1-4-11-6-5-7-12(9-11)19(18)16-14(17)13(15)8-10(2)3/h1,5-7,9-10,13H,8,15H2,2-3H3,(H,16,17). The predicted octanol–water partition coefficient (Wildman–Crippen LogP) is 1.18. The number of nitrogens with two attached hydrogens (primary N) is 1. The molecule has 0 saturated carbocycles. The Kier molecular flexibility index (Phi) is 5.74. The molecule has 0 saturated heterocycles. The Morgan fingerprint density at radius 1 is 1.53 bits per heavy atom. The summed E-state index contributed by atoms with van der Waals surface area (Å²) in [6, 6.07) is 6.02. The van der Waals surface area contributed by atoms with Gasteiger partial charge in [0.15, 0.2) is 11.0 Å². The number of carbonyl (C=O) groups excluding carboxylic acids is 1. The fourth-order valence-corrected chi connectivity index (χ4v) is 2.43. The quantitative estimate of drug-likeness (QED) is 0.794. The van der Waals surface area contributed by atoms with E-state index in [1.165, 1.54) is 0 Å². The molecule has 3 N–H and O–H groups in total. The van der Waals surface area contributed by atoms with Crippen LogP contribution in [0.1, 0.15) is 25.8 Å². The first kappa shape index (κ1) is 15.4. The Morgan fingerprint density at radius 2 is 2.21 bits per heavy atom. The molecule has 0 aliphatic heterocycles. The molecule has 0 fully saturated rings. The van der Waals surface area contributed by atoms with E-state index in [0.29, 0.717) is 22.8 Å². The maximum Gasteiger partial charge on any atom is 0.248 e. The minimum atomic E-state index is -1.64. The molecule has 2 atom stereocenters. The Hall–Kier alpha value is -1.64. The van der Waals surface area contributed by atoms with Crippen LogP contribution in [-0.2, 0) is 15.8 Å². The molecule has 0 bridgehead atoms. The first-order chi connectivity index (χ1) is 8.93. The van der Waals surface area contributed by atoms with Crippen molar-refractivity contribution in [2.45, 2.75) is 31.2 Å². The Labute approximate surface area is 116 Å². The Bertz CT molecular complexity index is 520. The van der Waals surface area contributed by atoms with Crippen LogP contribution < -0.4 is 10.5 Å². The molecule has 19 heavy (non-hydrogen) atoms. The highest BCUT2D eigenvalue weighted by Gasteiger charge is 2.17. The molecule has 0 aromatic heterocycles. The van der Waals surface area contributed by atoms with Crippen LogP contribution in [0.5, 0.6) is 0 Å². The van der Waals surface area contributed by atoms with E-state index in [0.717, 1.165) is 0 Å². The number of hydrogen-bond acceptors (Lipinski definition) is 3. The van der Waals surface area contributed by atoms with Gasteiger partial charge in [-0.1, -0.05) is 25.8 Å². The van der Waals surface area contributed by atoms with Gasteiger partial charge in [-0.15, -0.1) is 6.42 Å². The number of carbonyl (C=O) groups is 1. The highest BCUT2D eigenvalue weighted by atomic mass is 32.2. The van der Waals surface area contributed by atoms with E-state index < -0.39 is 22.9 Å². The summed E-state index contributed by atoms with van der Waals surface area (Å²) in [7, 11) is -1.64. The first-order valence-corrected chi connectivity index (χ1v) is 7.13. The van der Waals surface area contributed by atoms with Crippen molar-refractivity contribution in [1.29, 1.82) is 0 Å². The van der Waals surface area contributed by atoms with Crippen LogP contribution >= 0.6 is 0 Å². The number of nitrogens with one attached hydrogen (secondary N) is 1. The maximum atomic E-state index is 12.0. The molecule has 0 heterocycles. The lowest BCUT2D eigenvalue weighted by Gasteiger charge is -2.13. The molecule has 0 radical (unpaired) electrons. The lowest BCUT2D eigenvalue weighted by Crippen LogP contribution is -2.42. The van der Waals surface area contributed by atoms with Crippen molar-refractivity contribution >= 4 is 16.9 Å². The molecule has 102 valence electrons. The third kappa shape index (κ3) is 4.86. The predicted molar refractivity (Wildman–Crippen MR) is 76.4 cm³/mol. The number of hydrogen-bond donors (Lipinski definition) is 2. The first-order valence-electron chi connectivity index (χ1n) is 5.98. The highest BCUT2D eigenvalue weighted by Crippen LogP contribution is 2.08. The number of amides is 1. The SMILES string of the molecule is C#Cc1cccc(S(=O)NC(=O)C(N)CC(C)C)c1. The summed E-state index contributed by atoms with van der Waals surface area (Å²) in [5.74, 6) is 2.34. The normalized spacial score (nSPS) is 13.6. The molecule has 1 aromatic carbocycles. The fraction of sp³-hybridized carbons (Fsp3) is 0.357. The molecule has 5 heteroatoms. The Morgan fingerprint density at radius 3 is 2.79 bits per heavy atom. The van der Waals surface area contributed by atoms with E-state index in [2.05, 4.69) is 10.6 Å². The fourth-order valence-electron chi connectivity index (χ4n) is 1.54. The summed E-state index contributed by atoms with van der Waals surface area (Å²) >= 11 is 0. The van der Waals surface area contributed by atoms with Gasteiger partial charge in [0.1, 0.15) is 0 Å². The molecule has 1 aromatic rings. The average Bonchev–Trinajstić information content (AvgIpc) is 2.37. The van der Waals surface area contributed by atoms with E-state index in [4.69, 9.17) is 12.2 Å². The molecule has 0 aliphatic rings. The van der Waals surface area contributed by atoms with E-state index in [-0.39, 0.29) is 0 Å². The van der Waals surface area contributed by atoms with Crippen LogP contribution in [0.25, 0.3) is 0 Å². The summed E-state index contributed by atoms with van der Waals surface area (Å²) in [6.45, 7) is 3.95. The second-order valence-electron chi connectivity index (χ2n) is 4.64. The van der Waals surface area contributed by atoms with Crippen LogP contribution in [0.15, 0.2) is 29.2 Å². The monoisotopic (exact) mass is 278 g/mol. The molecule has 1 amide bonds. The van der Waals surface area contributed by atoms with E-state index >= 15 is 0 Å². The average molecular weight is 278 g/mol. The van der Waals surface area contributed by atoms with Crippen LogP contribution in [0.4, 0.5) is 0 Å². The topological polar surface area (TPSA) is 72.2 Å². The molecule has 0 spiro atoms. The van der Waals surface area contributed by atoms with Crippen molar-refractivity contribution in [3.63, 3.8) is 0 Å². The van der Waals surface area contributed by atoms with Gasteiger partial charge in [-0.3, -0.25) is 9.52 Å². The van der Waals surface area contributed by atoms with Gasteiger partial charge in [0.05, 0.1) is 10.9 Å². The van der Waals surface area contributed by atoms with Crippen LogP contribution in [-0.4, -0.2) is 16.2 Å². The van der Waals surface area contributed by atoms with Crippen molar-refractivity contribution in [1.82, 2.24) is 4.72 Å². The number of benzene rings is 1. The van der Waals surface area contributed by atoms with E-state index in [1.54, 1.807) is 24.3 Å². The highest BCUT2D eigenvalue weighted by molar-refractivity contribution is 7.83. The number of terminal acetylenes is 1. The van der Waals surface area contributed by atoms with Crippen LogP contribution in [0.2, 0.25) is 0 Å². The van der Waals surface area contributed by atoms with Crippen molar-refractivity contribution < 1.29 is 9.00 Å². The summed E-state index contributed by atoms with van der Waals surface area (Å²) in [4.78, 5) is 12.2. The molecule has 1 rings (SSSR count). The van der Waals surface area contributed by atoms with Crippen molar-refractivity contribution in [2.24, 2.45) is 11.7 Å². The summed E-state index contributed by atoms with van der Waals surface area (Å²) in [5.41, 5.74) is 6.34. The molecule has 4 nitrogen and oxygen atoms in total. The molecule has 2 unspecified atom stereocenters. The van der Waals surface area contributed by atoms with Gasteiger partial charge < -0.3 is 5.73 Å². The van der Waals surface area contributed by atoms with Crippen molar-refractivity contribution in [3.05, 3.63) is 29.8 Å². The summed E-state index contributed by atoms with van der Waals surface area (Å²) < 4.78 is 14.4. The summed E-state index contributed by atoms with van der Waals surface area (Å²) in [6.07, 6.45) is 5.82. The van der Waals surface area contributed by atoms with Crippen LogP contribution in [0, 0.1) is 18.3 Å². The van der Waals surface area contributed by atoms with Gasteiger partial charge in [0, 0.05) is 5.56 Å². The van der Waals surface area contributed by atoms with Gasteiger partial charge in [-0.25, -0.2) is 4.21 Å². The minimum absolute atomic E-state index is 0.305. The lowest BCUT2D eigenvalue weighted by atomic mass is 10.0. The van der Waals surface area contributed by atoms with Crippen molar-refractivity contribution in [2.75, 3.05) is 0 Å². The summed E-state index contributed by atoms with van der Waals surface area (Å²) in [5, 5.41) is 0. The molecular weight excluding hydrogens is 260 g/mol. The second kappa shape index (κ2) is 7.07. The maximum absolute atomic E-state index is 12.0. The Balaban J connectivity index is 2.69. The zero-order valence-electron chi connectivity index (χ0n) is 11.1. The van der Waals surface area contributed by atoms with Gasteiger partial charge in [-0.2, -0.15) is 0 Å². The smallest absolute Gasteiger partial charge is 0.248 e. The third-order valence-corrected chi connectivity index (χ3v) is 3.54. The van der Waals surface area contributed by atoms with Gasteiger partial charge >= 0.3 is 0 Å². The number of rotatable bonds is 5. The van der Waals surface area contributed by atoms with Gasteiger partial charge in [0.25, 0.3) is 0 Å².